The lowest BCUT2D eigenvalue weighted by Crippen LogP contribution is -2.46. The summed E-state index contributed by atoms with van der Waals surface area (Å²) in [4.78, 5) is 44.3. The summed E-state index contributed by atoms with van der Waals surface area (Å²) in [6.07, 6.45) is 1.97. The quantitative estimate of drug-likeness (QED) is 0.218. The molecule has 0 fully saturated rings. The van der Waals surface area contributed by atoms with Crippen molar-refractivity contribution in [2.24, 2.45) is 11.5 Å². The maximum Gasteiger partial charge on any atom is 0.322 e. The zero-order valence-electron chi connectivity index (χ0n) is 12.3. The van der Waals surface area contributed by atoms with E-state index in [9.17, 15) is 19.2 Å². The lowest BCUT2D eigenvalue weighted by molar-refractivity contribution is -0.137. The molecular formula is C12H23N5O5. The SMILES string of the molecule is NCCCC[C@H](N)C(=O)NCC(=O)NCC(=O)NCC(=O)O. The largest absolute Gasteiger partial charge is 0.480 e. The van der Waals surface area contributed by atoms with Crippen molar-refractivity contribution in [2.45, 2.75) is 25.3 Å². The van der Waals surface area contributed by atoms with Gasteiger partial charge in [0.1, 0.15) is 6.54 Å². The summed E-state index contributed by atoms with van der Waals surface area (Å²) in [6.45, 7) is -0.677. The number of carboxylic acids is 1. The van der Waals surface area contributed by atoms with E-state index in [0.29, 0.717) is 13.0 Å². The van der Waals surface area contributed by atoms with Crippen molar-refractivity contribution in [1.82, 2.24) is 16.0 Å². The molecule has 0 aliphatic rings. The summed E-state index contributed by atoms with van der Waals surface area (Å²) < 4.78 is 0. The highest BCUT2D eigenvalue weighted by Crippen LogP contribution is 1.97. The van der Waals surface area contributed by atoms with Gasteiger partial charge in [-0.25, -0.2) is 0 Å². The van der Waals surface area contributed by atoms with Gasteiger partial charge in [0.05, 0.1) is 19.1 Å². The molecule has 1 atom stereocenters. The van der Waals surface area contributed by atoms with Gasteiger partial charge in [0.2, 0.25) is 17.7 Å². The van der Waals surface area contributed by atoms with Gasteiger partial charge < -0.3 is 32.5 Å². The van der Waals surface area contributed by atoms with E-state index >= 15 is 0 Å². The van der Waals surface area contributed by atoms with Crippen LogP contribution in [-0.2, 0) is 19.2 Å². The molecule has 0 heterocycles. The summed E-state index contributed by atoms with van der Waals surface area (Å²) in [6, 6.07) is -0.710. The van der Waals surface area contributed by atoms with Crippen molar-refractivity contribution in [3.05, 3.63) is 0 Å². The number of unbranched alkanes of at least 4 members (excludes halogenated alkanes) is 1. The van der Waals surface area contributed by atoms with Gasteiger partial charge >= 0.3 is 5.97 Å². The standard InChI is InChI=1S/C12H23N5O5/c13-4-2-1-3-8(14)12(22)17-6-10(19)15-5-9(18)16-7-11(20)21/h8H,1-7,13-14H2,(H,15,19)(H,16,18)(H,17,22)(H,20,21)/t8-/m0/s1. The number of carbonyl (C=O) groups excluding carboxylic acids is 3. The number of carboxylic acid groups (broad SMARTS) is 1. The Labute approximate surface area is 128 Å². The van der Waals surface area contributed by atoms with Crippen LogP contribution in [0, 0.1) is 0 Å². The average molecular weight is 317 g/mol. The molecule has 0 bridgehead atoms. The Morgan fingerprint density at radius 3 is 2.00 bits per heavy atom. The maximum absolute atomic E-state index is 11.6. The molecule has 0 aliphatic carbocycles. The third-order valence-electron chi connectivity index (χ3n) is 2.61. The van der Waals surface area contributed by atoms with Crippen molar-refractivity contribution in [2.75, 3.05) is 26.2 Å². The Hall–Kier alpha value is -2.20. The van der Waals surface area contributed by atoms with Gasteiger partial charge in [0, 0.05) is 0 Å². The second kappa shape index (κ2) is 11.5. The Morgan fingerprint density at radius 1 is 0.909 bits per heavy atom. The molecule has 0 saturated heterocycles. The van der Waals surface area contributed by atoms with Crippen molar-refractivity contribution < 1.29 is 24.3 Å². The fourth-order valence-corrected chi connectivity index (χ4v) is 1.42. The molecule has 0 aromatic carbocycles. The first-order valence-electron chi connectivity index (χ1n) is 6.85. The number of nitrogens with one attached hydrogen (secondary N) is 3. The predicted octanol–water partition coefficient (Wildman–Crippen LogP) is -3.12. The fraction of sp³-hybridized carbons (Fsp3) is 0.667. The van der Waals surface area contributed by atoms with Crippen molar-refractivity contribution in [1.29, 1.82) is 0 Å². The minimum absolute atomic E-state index is 0.310. The van der Waals surface area contributed by atoms with Gasteiger partial charge in [0.15, 0.2) is 0 Å². The van der Waals surface area contributed by atoms with E-state index in [4.69, 9.17) is 16.6 Å². The van der Waals surface area contributed by atoms with Crippen LogP contribution in [0.25, 0.3) is 0 Å². The molecule has 0 spiro atoms. The van der Waals surface area contributed by atoms with Crippen molar-refractivity contribution in [3.63, 3.8) is 0 Å². The highest BCUT2D eigenvalue weighted by molar-refractivity contribution is 5.90. The highest BCUT2D eigenvalue weighted by Gasteiger charge is 2.14. The summed E-state index contributed by atoms with van der Waals surface area (Å²) in [5.41, 5.74) is 11.0. The predicted molar refractivity (Wildman–Crippen MR) is 77.5 cm³/mol. The number of carbonyl (C=O) groups is 4. The van der Waals surface area contributed by atoms with Crippen LogP contribution in [0.5, 0.6) is 0 Å². The molecule has 0 aromatic heterocycles. The van der Waals surface area contributed by atoms with Gasteiger partial charge in [-0.05, 0) is 19.4 Å². The second-order valence-corrected chi connectivity index (χ2v) is 4.56. The Bertz CT molecular complexity index is 401. The van der Waals surface area contributed by atoms with Crippen LogP contribution < -0.4 is 27.4 Å². The van der Waals surface area contributed by atoms with E-state index in [1.807, 2.05) is 0 Å². The monoisotopic (exact) mass is 317 g/mol. The van der Waals surface area contributed by atoms with Crippen LogP contribution in [0.3, 0.4) is 0 Å². The molecule has 0 rings (SSSR count). The third-order valence-corrected chi connectivity index (χ3v) is 2.61. The van der Waals surface area contributed by atoms with Gasteiger partial charge in [-0.3, -0.25) is 19.2 Å². The van der Waals surface area contributed by atoms with E-state index in [2.05, 4.69) is 16.0 Å². The smallest absolute Gasteiger partial charge is 0.322 e. The topological polar surface area (TPSA) is 177 Å². The molecule has 10 nitrogen and oxygen atoms in total. The lowest BCUT2D eigenvalue weighted by atomic mass is 10.1. The van der Waals surface area contributed by atoms with E-state index < -0.39 is 36.3 Å². The molecular weight excluding hydrogens is 294 g/mol. The Morgan fingerprint density at radius 2 is 1.45 bits per heavy atom. The van der Waals surface area contributed by atoms with Gasteiger partial charge in [-0.1, -0.05) is 6.42 Å². The van der Waals surface area contributed by atoms with Crippen LogP contribution >= 0.6 is 0 Å². The molecule has 22 heavy (non-hydrogen) atoms. The lowest BCUT2D eigenvalue weighted by Gasteiger charge is -2.12. The van der Waals surface area contributed by atoms with Crippen LogP contribution in [0.4, 0.5) is 0 Å². The van der Waals surface area contributed by atoms with Crippen molar-refractivity contribution >= 4 is 23.7 Å². The maximum atomic E-state index is 11.6. The molecule has 10 heteroatoms. The molecule has 126 valence electrons. The summed E-state index contributed by atoms with van der Waals surface area (Å²) in [5.74, 6) is -2.85. The first-order chi connectivity index (χ1) is 10.4. The Kier molecular flexibility index (Phi) is 10.3. The first kappa shape index (κ1) is 19.8. The molecule has 0 aromatic rings. The number of hydrogen-bond donors (Lipinski definition) is 6. The van der Waals surface area contributed by atoms with Crippen LogP contribution in [0.1, 0.15) is 19.3 Å². The highest BCUT2D eigenvalue weighted by atomic mass is 16.4. The minimum atomic E-state index is -1.18. The van der Waals surface area contributed by atoms with E-state index in [1.165, 1.54) is 0 Å². The Balaban J connectivity index is 3.81. The summed E-state index contributed by atoms with van der Waals surface area (Å²) in [7, 11) is 0. The zero-order chi connectivity index (χ0) is 17.0. The van der Waals surface area contributed by atoms with Gasteiger partial charge in [-0.15, -0.1) is 0 Å². The number of aliphatic carboxylic acids is 1. The fourth-order valence-electron chi connectivity index (χ4n) is 1.42. The molecule has 0 radical (unpaired) electrons. The van der Waals surface area contributed by atoms with Crippen LogP contribution in [0.2, 0.25) is 0 Å². The molecule has 0 saturated carbocycles. The minimum Gasteiger partial charge on any atom is -0.480 e. The normalized spacial score (nSPS) is 11.4. The van der Waals surface area contributed by atoms with E-state index in [0.717, 1.165) is 12.8 Å². The number of hydrogen-bond acceptors (Lipinski definition) is 6. The van der Waals surface area contributed by atoms with Crippen molar-refractivity contribution in [3.8, 4) is 0 Å². The van der Waals surface area contributed by atoms with E-state index in [1.54, 1.807) is 0 Å². The van der Waals surface area contributed by atoms with Gasteiger partial charge in [-0.2, -0.15) is 0 Å². The number of nitrogens with two attached hydrogens (primary N) is 2. The zero-order valence-corrected chi connectivity index (χ0v) is 12.3. The number of amides is 3. The number of rotatable bonds is 11. The van der Waals surface area contributed by atoms with Gasteiger partial charge in [0.25, 0.3) is 0 Å². The molecule has 3 amide bonds. The average Bonchev–Trinajstić information content (AvgIpc) is 2.48. The third kappa shape index (κ3) is 10.6. The summed E-state index contributed by atoms with van der Waals surface area (Å²) >= 11 is 0. The molecule has 0 unspecified atom stereocenters. The van der Waals surface area contributed by atoms with Crippen LogP contribution in [-0.4, -0.2) is 61.0 Å². The second-order valence-electron chi connectivity index (χ2n) is 4.56. The first-order valence-corrected chi connectivity index (χ1v) is 6.85. The molecule has 0 aliphatic heterocycles. The molecule has 8 N–H and O–H groups in total. The summed E-state index contributed by atoms with van der Waals surface area (Å²) in [5, 5.41) is 15.0. The van der Waals surface area contributed by atoms with E-state index in [-0.39, 0.29) is 13.1 Å². The van der Waals surface area contributed by atoms with Crippen LogP contribution in [0.15, 0.2) is 0 Å².